The molecule has 1 heterocycles. The number of pyridine rings is 1. The molecule has 0 bridgehead atoms. The zero-order valence-corrected chi connectivity index (χ0v) is 13.8. The molecule has 0 unspecified atom stereocenters. The van der Waals surface area contributed by atoms with Crippen molar-refractivity contribution in [2.24, 2.45) is 0 Å². The summed E-state index contributed by atoms with van der Waals surface area (Å²) in [7, 11) is 0. The van der Waals surface area contributed by atoms with E-state index in [1.165, 1.54) is 0 Å². The van der Waals surface area contributed by atoms with Gasteiger partial charge in [-0.15, -0.1) is 0 Å². The highest BCUT2D eigenvalue weighted by molar-refractivity contribution is 14.1. The van der Waals surface area contributed by atoms with Crippen LogP contribution < -0.4 is 4.74 Å². The summed E-state index contributed by atoms with van der Waals surface area (Å²) in [5.74, 6) is 1.38. The lowest BCUT2D eigenvalue weighted by Crippen LogP contribution is -1.91. The molecule has 0 aliphatic carbocycles. The highest BCUT2D eigenvalue weighted by Gasteiger charge is 2.13. The summed E-state index contributed by atoms with van der Waals surface area (Å²) >= 11 is 14.7. The van der Waals surface area contributed by atoms with Gasteiger partial charge >= 0.3 is 0 Å². The lowest BCUT2D eigenvalue weighted by Gasteiger charge is -2.10. The first-order valence-corrected chi connectivity index (χ1v) is 7.65. The Labute approximate surface area is 139 Å². The topological polar surface area (TPSA) is 22.1 Å². The lowest BCUT2D eigenvalue weighted by atomic mass is 10.2. The Bertz CT molecular complexity index is 778. The van der Waals surface area contributed by atoms with Crippen LogP contribution in [0.5, 0.6) is 11.5 Å². The van der Waals surface area contributed by atoms with E-state index in [2.05, 4.69) is 27.6 Å². The van der Waals surface area contributed by atoms with Gasteiger partial charge in [0.15, 0.2) is 5.75 Å². The van der Waals surface area contributed by atoms with Crippen LogP contribution in [-0.4, -0.2) is 4.98 Å². The van der Waals surface area contributed by atoms with E-state index in [0.717, 1.165) is 9.32 Å². The third-order valence-electron chi connectivity index (χ3n) is 2.80. The van der Waals surface area contributed by atoms with Gasteiger partial charge in [-0.2, -0.15) is 0 Å². The van der Waals surface area contributed by atoms with E-state index in [9.17, 15) is 0 Å². The van der Waals surface area contributed by atoms with E-state index in [4.69, 9.17) is 27.9 Å². The SMILES string of the molecule is Clc1ccc(Oc2ccccc2)c2ncc(I)c(Cl)c12. The largest absolute Gasteiger partial charge is 0.455 e. The third kappa shape index (κ3) is 2.57. The van der Waals surface area contributed by atoms with Crippen molar-refractivity contribution in [3.05, 3.63) is 62.3 Å². The molecule has 0 atom stereocenters. The Kier molecular flexibility index (Phi) is 4.01. The molecule has 3 aromatic rings. The minimum atomic E-state index is 0.566. The van der Waals surface area contributed by atoms with Crippen molar-refractivity contribution >= 4 is 56.7 Å². The summed E-state index contributed by atoms with van der Waals surface area (Å²) in [5.41, 5.74) is 0.659. The van der Waals surface area contributed by atoms with Crippen LogP contribution >= 0.6 is 45.8 Å². The Balaban J connectivity index is 2.18. The molecule has 0 aliphatic rings. The summed E-state index contributed by atoms with van der Waals surface area (Å²) in [6.45, 7) is 0. The molecule has 0 saturated heterocycles. The van der Waals surface area contributed by atoms with Crippen molar-refractivity contribution in [2.75, 3.05) is 0 Å². The summed E-state index contributed by atoms with van der Waals surface area (Å²) in [4.78, 5) is 4.40. The molecule has 0 saturated carbocycles. The zero-order valence-electron chi connectivity index (χ0n) is 10.1. The van der Waals surface area contributed by atoms with Crippen LogP contribution in [0.1, 0.15) is 0 Å². The van der Waals surface area contributed by atoms with Crippen molar-refractivity contribution < 1.29 is 4.74 Å². The van der Waals surface area contributed by atoms with Crippen LogP contribution in [0.15, 0.2) is 48.7 Å². The minimum Gasteiger partial charge on any atom is -0.455 e. The summed E-state index contributed by atoms with van der Waals surface area (Å²) in [6, 6.07) is 13.1. The molecule has 3 rings (SSSR count). The van der Waals surface area contributed by atoms with Gasteiger partial charge in [-0.25, -0.2) is 0 Å². The lowest BCUT2D eigenvalue weighted by molar-refractivity contribution is 0.487. The molecular weight excluding hydrogens is 408 g/mol. The molecule has 0 N–H and O–H groups in total. The van der Waals surface area contributed by atoms with Gasteiger partial charge in [0.1, 0.15) is 11.3 Å². The molecule has 0 aliphatic heterocycles. The second-order valence-electron chi connectivity index (χ2n) is 4.10. The number of fused-ring (bicyclic) bond motifs is 1. The van der Waals surface area contributed by atoms with Gasteiger partial charge in [-0.05, 0) is 46.9 Å². The predicted octanol–water partition coefficient (Wildman–Crippen LogP) is 5.94. The molecule has 2 aromatic carbocycles. The molecule has 100 valence electrons. The Morgan fingerprint density at radius 1 is 1.00 bits per heavy atom. The monoisotopic (exact) mass is 415 g/mol. The van der Waals surface area contributed by atoms with E-state index in [1.807, 2.05) is 30.3 Å². The molecule has 0 radical (unpaired) electrons. The van der Waals surface area contributed by atoms with Crippen molar-refractivity contribution in [3.63, 3.8) is 0 Å². The maximum absolute atomic E-state index is 6.32. The number of hydrogen-bond donors (Lipinski definition) is 0. The van der Waals surface area contributed by atoms with E-state index >= 15 is 0 Å². The van der Waals surface area contributed by atoms with Gasteiger partial charge in [0.05, 0.1) is 13.6 Å². The molecule has 2 nitrogen and oxygen atoms in total. The number of benzene rings is 2. The highest BCUT2D eigenvalue weighted by atomic mass is 127. The van der Waals surface area contributed by atoms with Gasteiger partial charge in [0.25, 0.3) is 0 Å². The molecule has 0 spiro atoms. The molecular formula is C15H8Cl2INO. The second-order valence-corrected chi connectivity index (χ2v) is 6.05. The molecule has 20 heavy (non-hydrogen) atoms. The van der Waals surface area contributed by atoms with E-state index in [-0.39, 0.29) is 0 Å². The van der Waals surface area contributed by atoms with Crippen LogP contribution in [0.25, 0.3) is 10.9 Å². The average molecular weight is 416 g/mol. The zero-order chi connectivity index (χ0) is 14.1. The summed E-state index contributed by atoms with van der Waals surface area (Å²) < 4.78 is 6.72. The first-order chi connectivity index (χ1) is 9.66. The first kappa shape index (κ1) is 13.9. The normalized spacial score (nSPS) is 10.8. The van der Waals surface area contributed by atoms with Gasteiger partial charge in [-0.3, -0.25) is 4.98 Å². The maximum atomic E-state index is 6.32. The Morgan fingerprint density at radius 2 is 1.75 bits per heavy atom. The fourth-order valence-corrected chi connectivity index (χ4v) is 2.82. The maximum Gasteiger partial charge on any atom is 0.153 e. The smallest absolute Gasteiger partial charge is 0.153 e. The highest BCUT2D eigenvalue weighted by Crippen LogP contribution is 2.38. The van der Waals surface area contributed by atoms with Crippen molar-refractivity contribution in [1.82, 2.24) is 4.98 Å². The standard InChI is InChI=1S/C15H8Cl2INO/c16-10-6-7-12(20-9-4-2-1-3-5-9)15-13(10)14(17)11(18)8-19-15/h1-8H. The fraction of sp³-hybridized carbons (Fsp3) is 0. The van der Waals surface area contributed by atoms with Gasteiger partial charge < -0.3 is 4.74 Å². The quantitative estimate of drug-likeness (QED) is 0.483. The second kappa shape index (κ2) is 5.76. The molecule has 0 fully saturated rings. The van der Waals surface area contributed by atoms with Crippen LogP contribution in [0.3, 0.4) is 0 Å². The first-order valence-electron chi connectivity index (χ1n) is 5.82. The number of ether oxygens (including phenoxy) is 1. The van der Waals surface area contributed by atoms with E-state index in [0.29, 0.717) is 26.7 Å². The number of hydrogen-bond acceptors (Lipinski definition) is 2. The predicted molar refractivity (Wildman–Crippen MR) is 91.0 cm³/mol. The number of para-hydroxylation sites is 1. The number of halogens is 3. The molecule has 0 amide bonds. The molecule has 5 heteroatoms. The van der Waals surface area contributed by atoms with E-state index < -0.39 is 0 Å². The Morgan fingerprint density at radius 3 is 2.50 bits per heavy atom. The van der Waals surface area contributed by atoms with Crippen molar-refractivity contribution in [3.8, 4) is 11.5 Å². The van der Waals surface area contributed by atoms with Gasteiger partial charge in [0.2, 0.25) is 0 Å². The Hall–Kier alpha value is -1.04. The summed E-state index contributed by atoms with van der Waals surface area (Å²) in [6.07, 6.45) is 1.71. The molecule has 1 aromatic heterocycles. The fourth-order valence-electron chi connectivity index (χ4n) is 1.88. The average Bonchev–Trinajstić information content (AvgIpc) is 2.46. The van der Waals surface area contributed by atoms with Crippen LogP contribution in [0.2, 0.25) is 10.0 Å². The van der Waals surface area contributed by atoms with Crippen LogP contribution in [0, 0.1) is 3.57 Å². The number of rotatable bonds is 2. The number of nitrogens with zero attached hydrogens (tertiary/aromatic N) is 1. The number of aromatic nitrogens is 1. The van der Waals surface area contributed by atoms with Crippen LogP contribution in [-0.2, 0) is 0 Å². The van der Waals surface area contributed by atoms with Gasteiger partial charge in [-0.1, -0.05) is 41.4 Å². The van der Waals surface area contributed by atoms with E-state index in [1.54, 1.807) is 18.3 Å². The van der Waals surface area contributed by atoms with Crippen LogP contribution in [0.4, 0.5) is 0 Å². The van der Waals surface area contributed by atoms with Crippen molar-refractivity contribution in [2.45, 2.75) is 0 Å². The van der Waals surface area contributed by atoms with Gasteiger partial charge in [0, 0.05) is 11.6 Å². The third-order valence-corrected chi connectivity index (χ3v) is 4.64. The summed E-state index contributed by atoms with van der Waals surface area (Å²) in [5, 5.41) is 1.88. The van der Waals surface area contributed by atoms with Crippen molar-refractivity contribution in [1.29, 1.82) is 0 Å². The minimum absolute atomic E-state index is 0.566.